The summed E-state index contributed by atoms with van der Waals surface area (Å²) in [5, 5.41) is 12.0. The van der Waals surface area contributed by atoms with Gasteiger partial charge in [0, 0.05) is 34.6 Å². The number of fused-ring (bicyclic) bond motifs is 4. The topological polar surface area (TPSA) is 37.0 Å². The Bertz CT molecular complexity index is 1090. The summed E-state index contributed by atoms with van der Waals surface area (Å²) in [7, 11) is 0. The smallest absolute Gasteiger partial charge is 0.0808 e. The van der Waals surface area contributed by atoms with Crippen molar-refractivity contribution in [3.8, 4) is 0 Å². The summed E-state index contributed by atoms with van der Waals surface area (Å²) < 4.78 is 0. The van der Waals surface area contributed by atoms with Crippen LogP contribution in [0.5, 0.6) is 0 Å². The molecule has 4 aromatic rings. The van der Waals surface area contributed by atoms with Crippen molar-refractivity contribution in [2.45, 2.75) is 25.8 Å². The first-order chi connectivity index (χ1) is 13.8. The number of halogens is 1. The fourth-order valence-electron chi connectivity index (χ4n) is 3.73. The van der Waals surface area contributed by atoms with Crippen LogP contribution in [0.15, 0.2) is 60.7 Å². The predicted molar refractivity (Wildman–Crippen MR) is 123 cm³/mol. The molecule has 0 radical (unpaired) electrons. The van der Waals surface area contributed by atoms with E-state index in [1.165, 1.54) is 27.2 Å². The molecule has 0 saturated carbocycles. The first-order valence-corrected chi connectivity index (χ1v) is 10.5. The highest BCUT2D eigenvalue weighted by Gasteiger charge is 2.11. The van der Waals surface area contributed by atoms with Gasteiger partial charge in [0.15, 0.2) is 0 Å². The first-order valence-electron chi connectivity index (χ1n) is 10.0. The summed E-state index contributed by atoms with van der Waals surface area (Å²) in [6.07, 6.45) is 2.06. The summed E-state index contributed by atoms with van der Waals surface area (Å²) in [4.78, 5) is 4.99. The molecule has 1 aromatic heterocycles. The van der Waals surface area contributed by atoms with Crippen molar-refractivity contribution in [2.75, 3.05) is 24.3 Å². The molecular weight excluding hydrogens is 366 g/mol. The maximum atomic E-state index is 5.81. The van der Waals surface area contributed by atoms with Crippen LogP contribution in [-0.4, -0.2) is 30.0 Å². The van der Waals surface area contributed by atoms with Crippen molar-refractivity contribution < 1.29 is 0 Å². The van der Waals surface area contributed by atoms with Crippen molar-refractivity contribution >= 4 is 49.9 Å². The van der Waals surface area contributed by atoms with Gasteiger partial charge in [-0.25, -0.2) is 4.98 Å². The Kier molecular flexibility index (Phi) is 5.94. The first kappa shape index (κ1) is 19.0. The lowest BCUT2D eigenvalue weighted by Crippen LogP contribution is -2.28. The van der Waals surface area contributed by atoms with Gasteiger partial charge in [-0.15, -0.1) is 11.6 Å². The molecule has 1 atom stereocenters. The van der Waals surface area contributed by atoms with Crippen LogP contribution in [0.3, 0.4) is 0 Å². The number of aromatic nitrogens is 1. The van der Waals surface area contributed by atoms with Gasteiger partial charge in [-0.1, -0.05) is 54.6 Å². The van der Waals surface area contributed by atoms with Gasteiger partial charge in [-0.3, -0.25) is 0 Å². The van der Waals surface area contributed by atoms with Crippen LogP contribution in [0.2, 0.25) is 0 Å². The van der Waals surface area contributed by atoms with Crippen LogP contribution < -0.4 is 10.6 Å². The molecule has 0 aliphatic heterocycles. The molecular formula is C24H26ClN3. The van der Waals surface area contributed by atoms with E-state index in [2.05, 4.69) is 78.2 Å². The van der Waals surface area contributed by atoms with E-state index in [4.69, 9.17) is 16.6 Å². The standard InChI is InChI=1S/C24H26ClN3/c1-17(13-14-25)26-15-6-16-27-23-20-9-4-5-10-22(20)28-24-19-8-3-2-7-18(19)11-12-21(23)24/h2-5,7-12,17,26H,6,13-16H2,1H3,(H,27,28). The van der Waals surface area contributed by atoms with E-state index in [1.54, 1.807) is 0 Å². The molecule has 4 heteroatoms. The minimum Gasteiger partial charge on any atom is -0.384 e. The van der Waals surface area contributed by atoms with E-state index in [0.717, 1.165) is 37.0 Å². The van der Waals surface area contributed by atoms with Gasteiger partial charge in [-0.05, 0) is 37.8 Å². The fourth-order valence-corrected chi connectivity index (χ4v) is 4.06. The SMILES string of the molecule is CC(CCCl)NCCCNc1c2ccccc2nc2c1ccc1ccccc12. The zero-order valence-electron chi connectivity index (χ0n) is 16.2. The fraction of sp³-hybridized carbons (Fsp3) is 0.292. The van der Waals surface area contributed by atoms with E-state index in [1.807, 2.05) is 0 Å². The van der Waals surface area contributed by atoms with Crippen LogP contribution in [-0.2, 0) is 0 Å². The van der Waals surface area contributed by atoms with E-state index < -0.39 is 0 Å². The Morgan fingerprint density at radius 3 is 2.54 bits per heavy atom. The van der Waals surface area contributed by atoms with Crippen LogP contribution in [0.4, 0.5) is 5.69 Å². The quantitative estimate of drug-likeness (QED) is 0.169. The molecule has 2 N–H and O–H groups in total. The molecule has 0 aliphatic carbocycles. The Morgan fingerprint density at radius 2 is 1.68 bits per heavy atom. The molecule has 3 nitrogen and oxygen atoms in total. The van der Waals surface area contributed by atoms with Crippen molar-refractivity contribution in [3.05, 3.63) is 60.7 Å². The molecule has 0 aliphatic rings. The van der Waals surface area contributed by atoms with Gasteiger partial charge in [-0.2, -0.15) is 0 Å². The average Bonchev–Trinajstić information content (AvgIpc) is 2.73. The van der Waals surface area contributed by atoms with Gasteiger partial charge in [0.25, 0.3) is 0 Å². The number of para-hydroxylation sites is 1. The lowest BCUT2D eigenvalue weighted by Gasteiger charge is -2.16. The zero-order valence-corrected chi connectivity index (χ0v) is 17.0. The zero-order chi connectivity index (χ0) is 19.3. The van der Waals surface area contributed by atoms with Gasteiger partial charge in [0.2, 0.25) is 0 Å². The Balaban J connectivity index is 1.64. The molecule has 0 fully saturated rings. The Hall–Kier alpha value is -2.36. The van der Waals surface area contributed by atoms with Crippen molar-refractivity contribution in [2.24, 2.45) is 0 Å². The minimum atomic E-state index is 0.464. The molecule has 0 bridgehead atoms. The van der Waals surface area contributed by atoms with Gasteiger partial charge in [0.1, 0.15) is 0 Å². The van der Waals surface area contributed by atoms with Gasteiger partial charge < -0.3 is 10.6 Å². The number of alkyl halides is 1. The number of nitrogens with one attached hydrogen (secondary N) is 2. The Labute approximate surface area is 171 Å². The van der Waals surface area contributed by atoms with Crippen LogP contribution >= 0.6 is 11.6 Å². The molecule has 0 amide bonds. The summed E-state index contributed by atoms with van der Waals surface area (Å²) in [5.41, 5.74) is 3.27. The van der Waals surface area contributed by atoms with E-state index >= 15 is 0 Å². The van der Waals surface area contributed by atoms with Gasteiger partial charge >= 0.3 is 0 Å². The second-order valence-corrected chi connectivity index (χ2v) is 7.68. The molecule has 28 heavy (non-hydrogen) atoms. The summed E-state index contributed by atoms with van der Waals surface area (Å²) in [5.74, 6) is 0.704. The van der Waals surface area contributed by atoms with E-state index in [-0.39, 0.29) is 0 Å². The predicted octanol–water partition coefficient (Wildman–Crippen LogP) is 5.95. The maximum absolute atomic E-state index is 5.81. The highest BCUT2D eigenvalue weighted by molar-refractivity contribution is 6.18. The summed E-state index contributed by atoms with van der Waals surface area (Å²) in [6.45, 7) is 4.08. The van der Waals surface area contributed by atoms with Crippen LogP contribution in [0.25, 0.3) is 32.6 Å². The number of hydrogen-bond donors (Lipinski definition) is 2. The third-order valence-electron chi connectivity index (χ3n) is 5.27. The normalized spacial score (nSPS) is 12.6. The monoisotopic (exact) mass is 391 g/mol. The van der Waals surface area contributed by atoms with Crippen LogP contribution in [0.1, 0.15) is 19.8 Å². The highest BCUT2D eigenvalue weighted by atomic mass is 35.5. The molecule has 1 unspecified atom stereocenters. The highest BCUT2D eigenvalue weighted by Crippen LogP contribution is 2.34. The lowest BCUT2D eigenvalue weighted by molar-refractivity contribution is 0.531. The minimum absolute atomic E-state index is 0.464. The lowest BCUT2D eigenvalue weighted by atomic mass is 10.0. The maximum Gasteiger partial charge on any atom is 0.0808 e. The summed E-state index contributed by atoms with van der Waals surface area (Å²) >= 11 is 5.81. The third kappa shape index (κ3) is 3.91. The van der Waals surface area contributed by atoms with Gasteiger partial charge in [0.05, 0.1) is 16.7 Å². The van der Waals surface area contributed by atoms with E-state index in [0.29, 0.717) is 11.9 Å². The molecule has 0 spiro atoms. The number of pyridine rings is 1. The number of anilines is 1. The molecule has 0 saturated heterocycles. The van der Waals surface area contributed by atoms with E-state index in [9.17, 15) is 0 Å². The van der Waals surface area contributed by atoms with Crippen molar-refractivity contribution in [1.82, 2.24) is 10.3 Å². The molecule has 1 heterocycles. The largest absolute Gasteiger partial charge is 0.384 e. The molecule has 3 aromatic carbocycles. The number of hydrogen-bond acceptors (Lipinski definition) is 3. The molecule has 144 valence electrons. The summed E-state index contributed by atoms with van der Waals surface area (Å²) in [6, 6.07) is 21.7. The number of benzene rings is 3. The second kappa shape index (κ2) is 8.76. The van der Waals surface area contributed by atoms with Crippen LogP contribution in [0, 0.1) is 0 Å². The third-order valence-corrected chi connectivity index (χ3v) is 5.48. The van der Waals surface area contributed by atoms with Crippen molar-refractivity contribution in [3.63, 3.8) is 0 Å². The van der Waals surface area contributed by atoms with Crippen molar-refractivity contribution in [1.29, 1.82) is 0 Å². The number of nitrogens with zero attached hydrogens (tertiary/aromatic N) is 1. The second-order valence-electron chi connectivity index (χ2n) is 7.30. The number of rotatable bonds is 8. The Morgan fingerprint density at radius 1 is 0.893 bits per heavy atom. The molecule has 4 rings (SSSR count). The average molecular weight is 392 g/mol.